The molecule has 0 spiro atoms. The third kappa shape index (κ3) is 2.88. The van der Waals surface area contributed by atoms with Crippen molar-refractivity contribution in [3.63, 3.8) is 0 Å². The minimum absolute atomic E-state index is 0.540. The standard InChI is InChI=1S/C15H21NS/c1-2-3-4-7-12(10-16)14-11-17-15-9-6-5-8-13(14)15/h5-6,8-9,11-12H,2-4,7,10,16H2,1H3. The Labute approximate surface area is 108 Å². The summed E-state index contributed by atoms with van der Waals surface area (Å²) in [6, 6.07) is 8.65. The van der Waals surface area contributed by atoms with Crippen molar-refractivity contribution >= 4 is 21.4 Å². The first-order chi connectivity index (χ1) is 8.36. The van der Waals surface area contributed by atoms with Crippen molar-refractivity contribution in [3.05, 3.63) is 35.2 Å². The largest absolute Gasteiger partial charge is 0.330 e. The lowest BCUT2D eigenvalue weighted by atomic mass is 9.93. The smallest absolute Gasteiger partial charge is 0.0345 e. The number of unbranched alkanes of at least 4 members (excludes halogenated alkanes) is 2. The van der Waals surface area contributed by atoms with Crippen molar-refractivity contribution in [1.82, 2.24) is 0 Å². The zero-order valence-electron chi connectivity index (χ0n) is 10.5. The van der Waals surface area contributed by atoms with E-state index < -0.39 is 0 Å². The van der Waals surface area contributed by atoms with Gasteiger partial charge in [-0.15, -0.1) is 11.3 Å². The lowest BCUT2D eigenvalue weighted by Crippen LogP contribution is -2.12. The highest BCUT2D eigenvalue weighted by Crippen LogP contribution is 2.33. The Morgan fingerprint density at radius 3 is 2.82 bits per heavy atom. The molecule has 2 aromatic rings. The molecule has 0 saturated carbocycles. The summed E-state index contributed by atoms with van der Waals surface area (Å²) < 4.78 is 1.39. The Bertz CT molecular complexity index is 461. The molecule has 2 heteroatoms. The van der Waals surface area contributed by atoms with Crippen LogP contribution in [0.4, 0.5) is 0 Å². The molecule has 0 saturated heterocycles. The Balaban J connectivity index is 2.18. The van der Waals surface area contributed by atoms with Crippen molar-refractivity contribution in [2.75, 3.05) is 6.54 Å². The lowest BCUT2D eigenvalue weighted by molar-refractivity contribution is 0.576. The van der Waals surface area contributed by atoms with Gasteiger partial charge >= 0.3 is 0 Å². The van der Waals surface area contributed by atoms with Gasteiger partial charge in [0.2, 0.25) is 0 Å². The Morgan fingerprint density at radius 1 is 1.24 bits per heavy atom. The van der Waals surface area contributed by atoms with Crippen LogP contribution in [0, 0.1) is 0 Å². The molecule has 0 aliphatic heterocycles. The van der Waals surface area contributed by atoms with Crippen LogP contribution in [-0.2, 0) is 0 Å². The molecule has 1 unspecified atom stereocenters. The van der Waals surface area contributed by atoms with Crippen molar-refractivity contribution in [3.8, 4) is 0 Å². The van der Waals surface area contributed by atoms with Crippen LogP contribution in [-0.4, -0.2) is 6.54 Å². The summed E-state index contributed by atoms with van der Waals surface area (Å²) in [7, 11) is 0. The minimum Gasteiger partial charge on any atom is -0.330 e. The van der Waals surface area contributed by atoms with E-state index in [-0.39, 0.29) is 0 Å². The number of rotatable bonds is 6. The highest BCUT2D eigenvalue weighted by atomic mass is 32.1. The fourth-order valence-corrected chi connectivity index (χ4v) is 3.40. The molecule has 1 aromatic heterocycles. The van der Waals surface area contributed by atoms with Crippen molar-refractivity contribution in [2.24, 2.45) is 5.73 Å². The van der Waals surface area contributed by atoms with Gasteiger partial charge in [-0.3, -0.25) is 0 Å². The van der Waals surface area contributed by atoms with Gasteiger partial charge in [-0.1, -0.05) is 44.4 Å². The molecule has 1 aromatic carbocycles. The summed E-state index contributed by atoms with van der Waals surface area (Å²) in [5.41, 5.74) is 7.40. The number of hydrogen-bond acceptors (Lipinski definition) is 2. The number of fused-ring (bicyclic) bond motifs is 1. The molecule has 2 N–H and O–H groups in total. The van der Waals surface area contributed by atoms with Gasteiger partial charge in [0.25, 0.3) is 0 Å². The Kier molecular flexibility index (Phi) is 4.57. The summed E-state index contributed by atoms with van der Waals surface area (Å²) in [6.45, 7) is 3.02. The molecule has 1 heterocycles. The van der Waals surface area contributed by atoms with Crippen LogP contribution in [0.15, 0.2) is 29.6 Å². The lowest BCUT2D eigenvalue weighted by Gasteiger charge is -2.13. The van der Waals surface area contributed by atoms with Crippen molar-refractivity contribution < 1.29 is 0 Å². The molecule has 17 heavy (non-hydrogen) atoms. The van der Waals surface area contributed by atoms with Gasteiger partial charge in [0.05, 0.1) is 0 Å². The first-order valence-corrected chi connectivity index (χ1v) is 7.41. The van der Waals surface area contributed by atoms with Crippen LogP contribution in [0.25, 0.3) is 10.1 Å². The van der Waals surface area contributed by atoms with Gasteiger partial charge in [-0.05, 0) is 41.3 Å². The number of hydrogen-bond donors (Lipinski definition) is 1. The second-order valence-electron chi connectivity index (χ2n) is 4.62. The predicted octanol–water partition coefficient (Wildman–Crippen LogP) is 4.52. The highest BCUT2D eigenvalue weighted by Gasteiger charge is 2.13. The van der Waals surface area contributed by atoms with Crippen molar-refractivity contribution in [2.45, 2.75) is 38.5 Å². The quantitative estimate of drug-likeness (QED) is 0.746. The van der Waals surface area contributed by atoms with Crippen LogP contribution in [0.1, 0.15) is 44.1 Å². The summed E-state index contributed by atoms with van der Waals surface area (Å²) in [6.07, 6.45) is 5.12. The Hall–Kier alpha value is -0.860. The first-order valence-electron chi connectivity index (χ1n) is 6.53. The summed E-state index contributed by atoms with van der Waals surface area (Å²) in [5, 5.41) is 3.71. The van der Waals surface area contributed by atoms with E-state index in [2.05, 4.69) is 36.6 Å². The maximum Gasteiger partial charge on any atom is 0.0345 e. The minimum atomic E-state index is 0.540. The number of thiophene rings is 1. The number of nitrogens with two attached hydrogens (primary N) is 1. The van der Waals surface area contributed by atoms with Crippen LogP contribution in [0.3, 0.4) is 0 Å². The van der Waals surface area contributed by atoms with Gasteiger partial charge in [0, 0.05) is 4.70 Å². The predicted molar refractivity (Wildman–Crippen MR) is 77.8 cm³/mol. The summed E-state index contributed by atoms with van der Waals surface area (Å²) >= 11 is 1.84. The Morgan fingerprint density at radius 2 is 2.06 bits per heavy atom. The fourth-order valence-electron chi connectivity index (χ4n) is 2.36. The third-order valence-electron chi connectivity index (χ3n) is 3.39. The molecule has 1 atom stereocenters. The maximum absolute atomic E-state index is 5.94. The third-order valence-corrected chi connectivity index (χ3v) is 4.37. The molecule has 0 amide bonds. The van der Waals surface area contributed by atoms with Gasteiger partial charge < -0.3 is 5.73 Å². The van der Waals surface area contributed by atoms with Gasteiger partial charge in [-0.25, -0.2) is 0 Å². The van der Waals surface area contributed by atoms with Crippen molar-refractivity contribution in [1.29, 1.82) is 0 Å². The molecule has 1 nitrogen and oxygen atoms in total. The fraction of sp³-hybridized carbons (Fsp3) is 0.467. The molecule has 2 rings (SSSR count). The molecular weight excluding hydrogens is 226 g/mol. The highest BCUT2D eigenvalue weighted by molar-refractivity contribution is 7.17. The van der Waals surface area contributed by atoms with E-state index in [0.29, 0.717) is 5.92 Å². The second-order valence-corrected chi connectivity index (χ2v) is 5.53. The molecule has 0 aliphatic rings. The average molecular weight is 247 g/mol. The zero-order valence-corrected chi connectivity index (χ0v) is 11.3. The molecule has 0 fully saturated rings. The van der Waals surface area contributed by atoms with Gasteiger partial charge in [-0.2, -0.15) is 0 Å². The maximum atomic E-state index is 5.94. The van der Waals surface area contributed by atoms with Crippen LogP contribution in [0.2, 0.25) is 0 Å². The second kappa shape index (κ2) is 6.18. The average Bonchev–Trinajstić information content (AvgIpc) is 2.79. The van der Waals surface area contributed by atoms with E-state index in [1.54, 1.807) is 0 Å². The van der Waals surface area contributed by atoms with Crippen LogP contribution >= 0.6 is 11.3 Å². The zero-order chi connectivity index (χ0) is 12.1. The summed E-state index contributed by atoms with van der Waals surface area (Å²) in [5.74, 6) is 0.540. The topological polar surface area (TPSA) is 26.0 Å². The van der Waals surface area contributed by atoms with E-state index in [9.17, 15) is 0 Å². The number of benzene rings is 1. The van der Waals surface area contributed by atoms with E-state index in [1.165, 1.54) is 41.3 Å². The normalized spacial score (nSPS) is 13.1. The van der Waals surface area contributed by atoms with E-state index in [1.807, 2.05) is 11.3 Å². The van der Waals surface area contributed by atoms with Crippen LogP contribution in [0.5, 0.6) is 0 Å². The monoisotopic (exact) mass is 247 g/mol. The van der Waals surface area contributed by atoms with E-state index in [4.69, 9.17) is 5.73 Å². The molecular formula is C15H21NS. The van der Waals surface area contributed by atoms with Crippen LogP contribution < -0.4 is 5.73 Å². The van der Waals surface area contributed by atoms with Gasteiger partial charge in [0.15, 0.2) is 0 Å². The molecule has 0 radical (unpaired) electrons. The van der Waals surface area contributed by atoms with E-state index >= 15 is 0 Å². The molecule has 0 aliphatic carbocycles. The SMILES string of the molecule is CCCCCC(CN)c1csc2ccccc12. The first kappa shape index (κ1) is 12.6. The van der Waals surface area contributed by atoms with E-state index in [0.717, 1.165) is 6.54 Å². The summed E-state index contributed by atoms with van der Waals surface area (Å²) in [4.78, 5) is 0. The molecule has 0 bridgehead atoms. The van der Waals surface area contributed by atoms with Gasteiger partial charge in [0.1, 0.15) is 0 Å². The molecule has 92 valence electrons.